The topological polar surface area (TPSA) is 55.4 Å². The SMILES string of the molecule is O=C(NCCCOc1ccccc1F)c1ccc2c(c1)C(=O)c1ccccc1-2. The summed E-state index contributed by atoms with van der Waals surface area (Å²) in [6.07, 6.45) is 0.537. The predicted octanol–water partition coefficient (Wildman–Crippen LogP) is 4.24. The first-order valence-electron chi connectivity index (χ1n) is 9.09. The molecule has 0 aliphatic heterocycles. The van der Waals surface area contributed by atoms with Crippen molar-refractivity contribution in [1.29, 1.82) is 0 Å². The second kappa shape index (κ2) is 7.64. The van der Waals surface area contributed by atoms with Gasteiger partial charge in [-0.05, 0) is 41.8 Å². The summed E-state index contributed by atoms with van der Waals surface area (Å²) in [5.74, 6) is -0.517. The van der Waals surface area contributed by atoms with E-state index in [1.54, 1.807) is 36.4 Å². The molecule has 0 atom stereocenters. The van der Waals surface area contributed by atoms with Crippen LogP contribution in [0.3, 0.4) is 0 Å². The van der Waals surface area contributed by atoms with Crippen LogP contribution in [-0.4, -0.2) is 24.8 Å². The molecule has 0 saturated carbocycles. The van der Waals surface area contributed by atoms with Gasteiger partial charge in [0.05, 0.1) is 6.61 Å². The average molecular weight is 375 g/mol. The van der Waals surface area contributed by atoms with Gasteiger partial charge in [0, 0.05) is 23.2 Å². The molecule has 0 heterocycles. The quantitative estimate of drug-likeness (QED) is 0.513. The molecule has 0 unspecified atom stereocenters. The molecule has 4 rings (SSSR count). The van der Waals surface area contributed by atoms with Crippen molar-refractivity contribution in [2.45, 2.75) is 6.42 Å². The van der Waals surface area contributed by atoms with Gasteiger partial charge in [0.25, 0.3) is 5.91 Å². The van der Waals surface area contributed by atoms with Crippen LogP contribution in [0.4, 0.5) is 4.39 Å². The van der Waals surface area contributed by atoms with Crippen molar-refractivity contribution in [2.24, 2.45) is 0 Å². The number of hydrogen-bond acceptors (Lipinski definition) is 3. The van der Waals surface area contributed by atoms with E-state index in [9.17, 15) is 14.0 Å². The highest BCUT2D eigenvalue weighted by molar-refractivity contribution is 6.22. The molecule has 1 aliphatic carbocycles. The zero-order chi connectivity index (χ0) is 19.5. The number of carbonyl (C=O) groups is 2. The number of fused-ring (bicyclic) bond motifs is 3. The number of ketones is 1. The van der Waals surface area contributed by atoms with Gasteiger partial charge in [-0.15, -0.1) is 0 Å². The molecule has 0 bridgehead atoms. The summed E-state index contributed by atoms with van der Waals surface area (Å²) in [5.41, 5.74) is 3.42. The fourth-order valence-corrected chi connectivity index (χ4v) is 3.29. The minimum atomic E-state index is -0.407. The smallest absolute Gasteiger partial charge is 0.251 e. The van der Waals surface area contributed by atoms with E-state index < -0.39 is 5.82 Å². The van der Waals surface area contributed by atoms with Crippen LogP contribution in [0, 0.1) is 5.82 Å². The van der Waals surface area contributed by atoms with Crippen LogP contribution in [0.25, 0.3) is 11.1 Å². The molecule has 4 nitrogen and oxygen atoms in total. The van der Waals surface area contributed by atoms with Crippen molar-refractivity contribution in [3.05, 3.63) is 89.2 Å². The van der Waals surface area contributed by atoms with Gasteiger partial charge >= 0.3 is 0 Å². The molecule has 5 heteroatoms. The molecule has 0 aromatic heterocycles. The zero-order valence-electron chi connectivity index (χ0n) is 15.1. The average Bonchev–Trinajstić information content (AvgIpc) is 3.01. The van der Waals surface area contributed by atoms with E-state index in [-0.39, 0.29) is 17.4 Å². The van der Waals surface area contributed by atoms with Gasteiger partial charge in [-0.3, -0.25) is 9.59 Å². The molecule has 28 heavy (non-hydrogen) atoms. The lowest BCUT2D eigenvalue weighted by Gasteiger charge is -2.09. The van der Waals surface area contributed by atoms with Crippen LogP contribution >= 0.6 is 0 Å². The molecule has 0 spiro atoms. The van der Waals surface area contributed by atoms with Crippen molar-refractivity contribution in [3.63, 3.8) is 0 Å². The third kappa shape index (κ3) is 3.39. The van der Waals surface area contributed by atoms with Gasteiger partial charge in [-0.2, -0.15) is 0 Å². The van der Waals surface area contributed by atoms with Crippen molar-refractivity contribution >= 4 is 11.7 Å². The van der Waals surface area contributed by atoms with Gasteiger partial charge in [-0.25, -0.2) is 4.39 Å². The van der Waals surface area contributed by atoms with Gasteiger partial charge in [0.2, 0.25) is 0 Å². The monoisotopic (exact) mass is 375 g/mol. The zero-order valence-corrected chi connectivity index (χ0v) is 15.1. The molecular weight excluding hydrogens is 357 g/mol. The summed E-state index contributed by atoms with van der Waals surface area (Å²) in [4.78, 5) is 24.9. The van der Waals surface area contributed by atoms with Crippen LogP contribution in [-0.2, 0) is 0 Å². The second-order valence-electron chi connectivity index (χ2n) is 6.52. The third-order valence-electron chi connectivity index (χ3n) is 4.69. The molecule has 1 aliphatic rings. The number of rotatable bonds is 6. The van der Waals surface area contributed by atoms with E-state index in [0.29, 0.717) is 36.3 Å². The van der Waals surface area contributed by atoms with E-state index in [1.807, 2.05) is 24.3 Å². The Morgan fingerprint density at radius 3 is 2.43 bits per heavy atom. The Labute approximate surface area is 162 Å². The van der Waals surface area contributed by atoms with Crippen molar-refractivity contribution in [2.75, 3.05) is 13.2 Å². The van der Waals surface area contributed by atoms with Crippen molar-refractivity contribution in [3.8, 4) is 16.9 Å². The standard InChI is InChI=1S/C23H18FNO3/c24-20-8-3-4-9-21(20)28-13-5-12-25-23(27)15-10-11-17-16-6-1-2-7-18(16)22(26)19(17)14-15/h1-4,6-11,14H,5,12-13H2,(H,25,27). The molecular formula is C23H18FNO3. The Kier molecular flexibility index (Phi) is 4.89. The Morgan fingerprint density at radius 2 is 1.61 bits per heavy atom. The molecule has 1 amide bonds. The number of amides is 1. The number of benzene rings is 3. The number of ether oxygens (including phenoxy) is 1. The molecule has 0 radical (unpaired) electrons. The maximum Gasteiger partial charge on any atom is 0.251 e. The Balaban J connectivity index is 1.34. The van der Waals surface area contributed by atoms with Crippen LogP contribution in [0.15, 0.2) is 66.7 Å². The molecule has 0 saturated heterocycles. The number of nitrogens with one attached hydrogen (secondary N) is 1. The summed E-state index contributed by atoms with van der Waals surface area (Å²) >= 11 is 0. The number of hydrogen-bond donors (Lipinski definition) is 1. The van der Waals surface area contributed by atoms with Crippen LogP contribution in [0.5, 0.6) is 5.75 Å². The summed E-state index contributed by atoms with van der Waals surface area (Å²) < 4.78 is 18.8. The van der Waals surface area contributed by atoms with E-state index in [4.69, 9.17) is 4.74 Å². The van der Waals surface area contributed by atoms with Gasteiger partial charge < -0.3 is 10.1 Å². The minimum Gasteiger partial charge on any atom is -0.490 e. The lowest BCUT2D eigenvalue weighted by molar-refractivity contribution is 0.0951. The van der Waals surface area contributed by atoms with Crippen LogP contribution in [0.2, 0.25) is 0 Å². The van der Waals surface area contributed by atoms with Gasteiger partial charge in [-0.1, -0.05) is 42.5 Å². The van der Waals surface area contributed by atoms with E-state index in [2.05, 4.69) is 5.32 Å². The van der Waals surface area contributed by atoms with Gasteiger partial charge in [0.15, 0.2) is 17.3 Å². The maximum absolute atomic E-state index is 13.5. The molecule has 140 valence electrons. The van der Waals surface area contributed by atoms with Crippen molar-refractivity contribution < 1.29 is 18.7 Å². The summed E-state index contributed by atoms with van der Waals surface area (Å²) in [6.45, 7) is 0.678. The molecule has 1 N–H and O–H groups in total. The summed E-state index contributed by atoms with van der Waals surface area (Å²) in [5, 5.41) is 2.80. The molecule has 3 aromatic rings. The lowest BCUT2D eigenvalue weighted by atomic mass is 10.0. The fourth-order valence-electron chi connectivity index (χ4n) is 3.29. The summed E-state index contributed by atoms with van der Waals surface area (Å²) in [7, 11) is 0. The molecule has 3 aromatic carbocycles. The third-order valence-corrected chi connectivity index (χ3v) is 4.69. The number of carbonyl (C=O) groups excluding carboxylic acids is 2. The van der Waals surface area contributed by atoms with Crippen molar-refractivity contribution in [1.82, 2.24) is 5.32 Å². The van der Waals surface area contributed by atoms with Crippen LogP contribution in [0.1, 0.15) is 32.7 Å². The largest absolute Gasteiger partial charge is 0.490 e. The fraction of sp³-hybridized carbons (Fsp3) is 0.130. The highest BCUT2D eigenvalue weighted by atomic mass is 19.1. The predicted molar refractivity (Wildman–Crippen MR) is 104 cm³/mol. The normalized spacial score (nSPS) is 11.7. The lowest BCUT2D eigenvalue weighted by Crippen LogP contribution is -2.25. The number of halogens is 1. The minimum absolute atomic E-state index is 0.0569. The highest BCUT2D eigenvalue weighted by Crippen LogP contribution is 2.36. The first-order valence-corrected chi connectivity index (χ1v) is 9.09. The Hall–Kier alpha value is -3.47. The maximum atomic E-state index is 13.5. The summed E-state index contributed by atoms with van der Waals surface area (Å²) in [6, 6.07) is 18.8. The first kappa shape index (κ1) is 17.9. The highest BCUT2D eigenvalue weighted by Gasteiger charge is 2.26. The Morgan fingerprint density at radius 1 is 0.893 bits per heavy atom. The number of para-hydroxylation sites is 1. The van der Waals surface area contributed by atoms with E-state index in [0.717, 1.165) is 11.1 Å². The van der Waals surface area contributed by atoms with Crippen LogP contribution < -0.4 is 10.1 Å². The van der Waals surface area contributed by atoms with E-state index >= 15 is 0 Å². The molecule has 0 fully saturated rings. The van der Waals surface area contributed by atoms with E-state index in [1.165, 1.54) is 6.07 Å². The first-order chi connectivity index (χ1) is 13.6. The Bertz CT molecular complexity index is 1060. The van der Waals surface area contributed by atoms with Gasteiger partial charge in [0.1, 0.15) is 0 Å². The second-order valence-corrected chi connectivity index (χ2v) is 6.52.